The van der Waals surface area contributed by atoms with Gasteiger partial charge in [-0.15, -0.1) is 0 Å². The zero-order valence-electron chi connectivity index (χ0n) is 20.6. The Morgan fingerprint density at radius 3 is 2.83 bits per heavy atom. The molecule has 0 amide bonds. The van der Waals surface area contributed by atoms with Gasteiger partial charge in [0.1, 0.15) is 23.9 Å². The number of pyridine rings is 2. The molecular formula is C22H30N4O3Si. The molecule has 0 spiro atoms. The van der Waals surface area contributed by atoms with Gasteiger partial charge in [-0.2, -0.15) is 0 Å². The monoisotopic (exact) mass is 429 g/mol. The van der Waals surface area contributed by atoms with Crippen LogP contribution in [0.2, 0.25) is 25.7 Å². The minimum absolute atomic E-state index is 0.0105. The summed E-state index contributed by atoms with van der Waals surface area (Å²) in [5.41, 5.74) is 7.80. The number of aromatic nitrogens is 3. The molecule has 3 heterocycles. The second kappa shape index (κ2) is 8.27. The molecule has 8 heteroatoms. The van der Waals surface area contributed by atoms with E-state index in [0.29, 0.717) is 41.7 Å². The smallest absolute Gasteiger partial charge is 0.224 e. The first-order chi connectivity index (χ1) is 15.5. The molecule has 1 fully saturated rings. The number of nitrogens with zero attached hydrogens (tertiary/aromatic N) is 3. The fraction of sp³-hybridized carbons (Fsp3) is 0.455. The van der Waals surface area contributed by atoms with E-state index >= 15 is 0 Å². The van der Waals surface area contributed by atoms with Crippen LogP contribution in [0.5, 0.6) is 11.6 Å². The van der Waals surface area contributed by atoms with Crippen LogP contribution in [0, 0.1) is 0 Å². The van der Waals surface area contributed by atoms with Crippen molar-refractivity contribution in [3.8, 4) is 22.8 Å². The fourth-order valence-electron chi connectivity index (χ4n) is 3.23. The molecule has 0 saturated heterocycles. The fourth-order valence-corrected chi connectivity index (χ4v) is 3.99. The standard InChI is InChI=1S/C22H30N4O3Si/c1-27-22-20(18(9-10-24-22)29-15-5-6-15)17-13-26(14-28-11-12-30(2,3)4)21-16(17)7-8-19(23)25-21/h7-10,13,15H,5-6,11-12,14H2,1-4H3,(H2,23,25)/i1D3. The molecule has 0 aliphatic heterocycles. The van der Waals surface area contributed by atoms with Crippen molar-refractivity contribution in [2.75, 3.05) is 19.4 Å². The molecule has 160 valence electrons. The van der Waals surface area contributed by atoms with Crippen molar-refractivity contribution >= 4 is 24.9 Å². The molecule has 0 radical (unpaired) electrons. The lowest BCUT2D eigenvalue weighted by Gasteiger charge is -2.15. The minimum Gasteiger partial charge on any atom is -0.490 e. The summed E-state index contributed by atoms with van der Waals surface area (Å²) in [5.74, 6) is 0.904. The molecule has 0 bridgehead atoms. The maximum Gasteiger partial charge on any atom is 0.224 e. The Kier molecular flexibility index (Phi) is 4.73. The summed E-state index contributed by atoms with van der Waals surface area (Å²) in [6, 6.07) is 6.36. The summed E-state index contributed by atoms with van der Waals surface area (Å²) in [6.07, 6.45) is 5.40. The first-order valence-electron chi connectivity index (χ1n) is 11.7. The van der Waals surface area contributed by atoms with Gasteiger partial charge in [0.15, 0.2) is 0 Å². The number of anilines is 1. The summed E-state index contributed by atoms with van der Waals surface area (Å²) in [5, 5.41) is 0.780. The number of hydrogen-bond acceptors (Lipinski definition) is 6. The Balaban J connectivity index is 1.77. The molecule has 3 aromatic rings. The van der Waals surface area contributed by atoms with Crippen LogP contribution < -0.4 is 15.2 Å². The van der Waals surface area contributed by atoms with Crippen molar-refractivity contribution in [2.24, 2.45) is 0 Å². The van der Waals surface area contributed by atoms with Gasteiger partial charge < -0.3 is 24.5 Å². The minimum atomic E-state index is -2.65. The van der Waals surface area contributed by atoms with Crippen LogP contribution in [0.3, 0.4) is 0 Å². The van der Waals surface area contributed by atoms with Gasteiger partial charge in [-0.05, 0) is 37.1 Å². The molecule has 1 aliphatic rings. The number of hydrogen-bond donors (Lipinski definition) is 1. The molecule has 2 N–H and O–H groups in total. The third kappa shape index (κ3) is 4.60. The van der Waals surface area contributed by atoms with E-state index in [-0.39, 0.29) is 12.0 Å². The largest absolute Gasteiger partial charge is 0.490 e. The van der Waals surface area contributed by atoms with Crippen LogP contribution in [-0.2, 0) is 11.5 Å². The number of nitrogen functional groups attached to an aromatic ring is 1. The summed E-state index contributed by atoms with van der Waals surface area (Å²) in [7, 11) is -3.87. The van der Waals surface area contributed by atoms with Crippen molar-refractivity contribution < 1.29 is 18.3 Å². The van der Waals surface area contributed by atoms with E-state index in [4.69, 9.17) is 24.1 Å². The summed E-state index contributed by atoms with van der Waals surface area (Å²) in [6.45, 7) is 7.86. The molecule has 3 aromatic heterocycles. The molecule has 0 unspecified atom stereocenters. The SMILES string of the molecule is [2H]C([2H])([2H])Oc1nccc(OC2CC2)c1-c1cn(COCC[Si](C)(C)C)c2nc(N)ccc12. The van der Waals surface area contributed by atoms with Gasteiger partial charge in [-0.25, -0.2) is 9.97 Å². The molecule has 30 heavy (non-hydrogen) atoms. The van der Waals surface area contributed by atoms with Crippen molar-refractivity contribution in [2.45, 2.75) is 51.4 Å². The predicted molar refractivity (Wildman–Crippen MR) is 122 cm³/mol. The van der Waals surface area contributed by atoms with Gasteiger partial charge in [-0.1, -0.05) is 19.6 Å². The average molecular weight is 430 g/mol. The van der Waals surface area contributed by atoms with Crippen LogP contribution in [0.4, 0.5) is 5.82 Å². The van der Waals surface area contributed by atoms with Crippen LogP contribution in [-0.4, -0.2) is 42.4 Å². The highest BCUT2D eigenvalue weighted by Crippen LogP contribution is 2.43. The number of fused-ring (bicyclic) bond motifs is 1. The summed E-state index contributed by atoms with van der Waals surface area (Å²) >= 11 is 0. The zero-order chi connectivity index (χ0) is 23.8. The number of rotatable bonds is 9. The van der Waals surface area contributed by atoms with Crippen LogP contribution in [0.1, 0.15) is 17.0 Å². The van der Waals surface area contributed by atoms with E-state index in [1.54, 1.807) is 12.1 Å². The normalized spacial score (nSPS) is 16.2. The first-order valence-corrected chi connectivity index (χ1v) is 13.9. The zero-order valence-corrected chi connectivity index (χ0v) is 18.6. The van der Waals surface area contributed by atoms with E-state index in [1.165, 1.54) is 6.20 Å². The highest BCUT2D eigenvalue weighted by molar-refractivity contribution is 6.76. The molecule has 7 nitrogen and oxygen atoms in total. The van der Waals surface area contributed by atoms with Gasteiger partial charge in [-0.3, -0.25) is 0 Å². The predicted octanol–water partition coefficient (Wildman–Crippen LogP) is 4.54. The summed E-state index contributed by atoms with van der Waals surface area (Å²) in [4.78, 5) is 8.73. The third-order valence-electron chi connectivity index (χ3n) is 5.03. The van der Waals surface area contributed by atoms with Gasteiger partial charge in [0.2, 0.25) is 5.88 Å². The Morgan fingerprint density at radius 1 is 1.27 bits per heavy atom. The van der Waals surface area contributed by atoms with E-state index in [0.717, 1.165) is 24.3 Å². The maximum atomic E-state index is 7.59. The quantitative estimate of drug-likeness (QED) is 0.397. The van der Waals surface area contributed by atoms with Crippen molar-refractivity contribution in [1.29, 1.82) is 0 Å². The van der Waals surface area contributed by atoms with Gasteiger partial charge in [0.25, 0.3) is 0 Å². The van der Waals surface area contributed by atoms with Crippen molar-refractivity contribution in [1.82, 2.24) is 14.5 Å². The lowest BCUT2D eigenvalue weighted by molar-refractivity contribution is 0.0899. The van der Waals surface area contributed by atoms with Crippen LogP contribution in [0.25, 0.3) is 22.2 Å². The maximum absolute atomic E-state index is 7.59. The van der Waals surface area contributed by atoms with E-state index in [1.807, 2.05) is 16.8 Å². The molecule has 4 rings (SSSR count). The van der Waals surface area contributed by atoms with Crippen LogP contribution >= 0.6 is 0 Å². The Morgan fingerprint density at radius 2 is 2.10 bits per heavy atom. The van der Waals surface area contributed by atoms with Crippen LogP contribution in [0.15, 0.2) is 30.6 Å². The lowest BCUT2D eigenvalue weighted by atomic mass is 10.1. The molecular weight excluding hydrogens is 396 g/mol. The second-order valence-corrected chi connectivity index (χ2v) is 14.5. The highest BCUT2D eigenvalue weighted by atomic mass is 28.3. The first kappa shape index (κ1) is 17.1. The summed E-state index contributed by atoms with van der Waals surface area (Å²) < 4.78 is 42.0. The Bertz CT molecular complexity index is 1140. The number of nitrogens with two attached hydrogens (primary N) is 1. The van der Waals surface area contributed by atoms with E-state index < -0.39 is 15.1 Å². The Hall–Kier alpha value is -2.58. The number of ether oxygens (including phenoxy) is 3. The van der Waals surface area contributed by atoms with Gasteiger partial charge in [0.05, 0.1) is 22.8 Å². The van der Waals surface area contributed by atoms with Gasteiger partial charge >= 0.3 is 0 Å². The lowest BCUT2D eigenvalue weighted by Crippen LogP contribution is -2.22. The van der Waals surface area contributed by atoms with Gasteiger partial charge in [0, 0.05) is 38.0 Å². The molecule has 0 aromatic carbocycles. The third-order valence-corrected chi connectivity index (χ3v) is 6.74. The highest BCUT2D eigenvalue weighted by Gasteiger charge is 2.27. The van der Waals surface area contributed by atoms with Crippen molar-refractivity contribution in [3.05, 3.63) is 30.6 Å². The number of methoxy groups -OCH3 is 1. The molecule has 0 atom stereocenters. The van der Waals surface area contributed by atoms with E-state index in [9.17, 15) is 0 Å². The topological polar surface area (TPSA) is 84.4 Å². The average Bonchev–Trinajstić information content (AvgIpc) is 3.44. The Labute approximate surface area is 182 Å². The van der Waals surface area contributed by atoms with Crippen molar-refractivity contribution in [3.63, 3.8) is 0 Å². The van der Waals surface area contributed by atoms with E-state index in [2.05, 4.69) is 29.6 Å². The molecule has 1 saturated carbocycles. The second-order valence-electron chi connectivity index (χ2n) is 8.88. The molecule has 1 aliphatic carbocycles.